The van der Waals surface area contributed by atoms with Gasteiger partial charge in [-0.1, -0.05) is 5.16 Å². The third kappa shape index (κ3) is 3.09. The second-order valence-corrected chi connectivity index (χ2v) is 4.93. The van der Waals surface area contributed by atoms with Crippen molar-refractivity contribution in [3.63, 3.8) is 0 Å². The van der Waals surface area contributed by atoms with Crippen LogP contribution in [0.25, 0.3) is 11.4 Å². The van der Waals surface area contributed by atoms with Crippen LogP contribution in [0.3, 0.4) is 0 Å². The Kier molecular flexibility index (Phi) is 4.34. The minimum Gasteiger partial charge on any atom is -0.378 e. The summed E-state index contributed by atoms with van der Waals surface area (Å²) in [7, 11) is 0. The first kappa shape index (κ1) is 14.5. The SMILES string of the molecule is CCNC(=O)c1nc(-c2ccc(N3CCOCC3)cc2)no1. The van der Waals surface area contributed by atoms with Crippen LogP contribution in [-0.2, 0) is 4.74 Å². The van der Waals surface area contributed by atoms with Gasteiger partial charge in [0.1, 0.15) is 0 Å². The van der Waals surface area contributed by atoms with Crippen LogP contribution in [0.2, 0.25) is 0 Å². The Hall–Kier alpha value is -2.41. The molecule has 1 aliphatic heterocycles. The van der Waals surface area contributed by atoms with Gasteiger partial charge < -0.3 is 19.5 Å². The van der Waals surface area contributed by atoms with Crippen LogP contribution in [0.5, 0.6) is 0 Å². The lowest BCUT2D eigenvalue weighted by Crippen LogP contribution is -2.36. The molecule has 22 heavy (non-hydrogen) atoms. The molecule has 1 N–H and O–H groups in total. The average Bonchev–Trinajstić information content (AvgIpc) is 3.06. The highest BCUT2D eigenvalue weighted by Gasteiger charge is 2.16. The van der Waals surface area contributed by atoms with Crippen LogP contribution in [0.4, 0.5) is 5.69 Å². The lowest BCUT2D eigenvalue weighted by atomic mass is 10.2. The zero-order valence-corrected chi connectivity index (χ0v) is 12.4. The summed E-state index contributed by atoms with van der Waals surface area (Å²) in [5.41, 5.74) is 1.95. The number of rotatable bonds is 4. The summed E-state index contributed by atoms with van der Waals surface area (Å²) in [5.74, 6) is 0.0371. The van der Waals surface area contributed by atoms with Gasteiger partial charge in [-0.2, -0.15) is 4.98 Å². The molecule has 116 valence electrons. The average molecular weight is 302 g/mol. The maximum atomic E-state index is 11.6. The second-order valence-electron chi connectivity index (χ2n) is 4.93. The Morgan fingerprint density at radius 1 is 1.27 bits per heavy atom. The van der Waals surface area contributed by atoms with Gasteiger partial charge in [0, 0.05) is 30.9 Å². The van der Waals surface area contributed by atoms with E-state index >= 15 is 0 Å². The Labute approximate surface area is 128 Å². The number of aromatic nitrogens is 2. The molecular weight excluding hydrogens is 284 g/mol. The summed E-state index contributed by atoms with van der Waals surface area (Å²) in [6, 6.07) is 7.89. The van der Waals surface area contributed by atoms with E-state index in [1.807, 2.05) is 31.2 Å². The second kappa shape index (κ2) is 6.57. The van der Waals surface area contributed by atoms with Gasteiger partial charge >= 0.3 is 11.8 Å². The number of benzene rings is 1. The molecule has 0 radical (unpaired) electrons. The Bertz CT molecular complexity index is 632. The zero-order chi connectivity index (χ0) is 15.4. The van der Waals surface area contributed by atoms with Crippen molar-refractivity contribution in [3.05, 3.63) is 30.2 Å². The first-order valence-corrected chi connectivity index (χ1v) is 7.33. The third-order valence-electron chi connectivity index (χ3n) is 3.46. The van der Waals surface area contributed by atoms with Gasteiger partial charge in [0.2, 0.25) is 5.82 Å². The number of carbonyl (C=O) groups is 1. The summed E-state index contributed by atoms with van der Waals surface area (Å²) in [6.45, 7) is 5.64. The number of amides is 1. The summed E-state index contributed by atoms with van der Waals surface area (Å²) >= 11 is 0. The molecule has 1 saturated heterocycles. The Morgan fingerprint density at radius 3 is 2.68 bits per heavy atom. The molecule has 0 spiro atoms. The molecule has 1 aromatic carbocycles. The maximum absolute atomic E-state index is 11.6. The number of nitrogens with one attached hydrogen (secondary N) is 1. The van der Waals surface area contributed by atoms with Crippen LogP contribution in [0.1, 0.15) is 17.6 Å². The fraction of sp³-hybridized carbons (Fsp3) is 0.400. The van der Waals surface area contributed by atoms with Crippen molar-refractivity contribution in [2.24, 2.45) is 0 Å². The van der Waals surface area contributed by atoms with Crippen molar-refractivity contribution < 1.29 is 14.1 Å². The standard InChI is InChI=1S/C15H18N4O3/c1-2-16-14(20)15-17-13(18-22-15)11-3-5-12(6-4-11)19-7-9-21-10-8-19/h3-6H,2,7-10H2,1H3,(H,16,20). The molecule has 7 heteroatoms. The molecule has 2 aromatic rings. The Balaban J connectivity index is 1.73. The van der Waals surface area contributed by atoms with Crippen molar-refractivity contribution >= 4 is 11.6 Å². The molecule has 1 aromatic heterocycles. The van der Waals surface area contributed by atoms with E-state index in [1.54, 1.807) is 0 Å². The van der Waals surface area contributed by atoms with E-state index in [1.165, 1.54) is 0 Å². The summed E-state index contributed by atoms with van der Waals surface area (Å²) in [4.78, 5) is 18.0. The van der Waals surface area contributed by atoms with E-state index < -0.39 is 0 Å². The van der Waals surface area contributed by atoms with Crippen molar-refractivity contribution in [2.75, 3.05) is 37.7 Å². The minimum absolute atomic E-state index is 0.0193. The van der Waals surface area contributed by atoms with Crippen LogP contribution in [0.15, 0.2) is 28.8 Å². The number of morpholine rings is 1. The summed E-state index contributed by atoms with van der Waals surface area (Å²) in [6.07, 6.45) is 0. The lowest BCUT2D eigenvalue weighted by Gasteiger charge is -2.28. The number of carbonyl (C=O) groups excluding carboxylic acids is 1. The molecule has 1 aliphatic rings. The van der Waals surface area contributed by atoms with Gasteiger partial charge in [0.05, 0.1) is 13.2 Å². The van der Waals surface area contributed by atoms with E-state index in [0.29, 0.717) is 12.4 Å². The van der Waals surface area contributed by atoms with Gasteiger partial charge in [-0.3, -0.25) is 4.79 Å². The third-order valence-corrected chi connectivity index (χ3v) is 3.46. The molecular formula is C15H18N4O3. The van der Waals surface area contributed by atoms with Crippen molar-refractivity contribution in [2.45, 2.75) is 6.92 Å². The summed E-state index contributed by atoms with van der Waals surface area (Å²) < 4.78 is 10.3. The highest BCUT2D eigenvalue weighted by Crippen LogP contribution is 2.21. The zero-order valence-electron chi connectivity index (χ0n) is 12.4. The van der Waals surface area contributed by atoms with E-state index in [-0.39, 0.29) is 11.8 Å². The fourth-order valence-corrected chi connectivity index (χ4v) is 2.31. The normalized spacial score (nSPS) is 14.9. The first-order valence-electron chi connectivity index (χ1n) is 7.33. The van der Waals surface area contributed by atoms with Gasteiger partial charge in [-0.05, 0) is 31.2 Å². The molecule has 0 bridgehead atoms. The highest BCUT2D eigenvalue weighted by atomic mass is 16.5. The number of hydrogen-bond donors (Lipinski definition) is 1. The molecule has 7 nitrogen and oxygen atoms in total. The molecule has 2 heterocycles. The lowest BCUT2D eigenvalue weighted by molar-refractivity contribution is 0.0912. The molecule has 1 fully saturated rings. The number of anilines is 1. The molecule has 0 saturated carbocycles. The maximum Gasteiger partial charge on any atom is 0.316 e. The van der Waals surface area contributed by atoms with E-state index in [4.69, 9.17) is 9.26 Å². The molecule has 0 atom stereocenters. The van der Waals surface area contributed by atoms with E-state index in [9.17, 15) is 4.79 Å². The number of hydrogen-bond acceptors (Lipinski definition) is 6. The van der Waals surface area contributed by atoms with Gasteiger partial charge in [-0.25, -0.2) is 0 Å². The first-order chi connectivity index (χ1) is 10.8. The van der Waals surface area contributed by atoms with Crippen molar-refractivity contribution in [1.82, 2.24) is 15.5 Å². The molecule has 1 amide bonds. The van der Waals surface area contributed by atoms with Crippen LogP contribution < -0.4 is 10.2 Å². The minimum atomic E-state index is -0.355. The van der Waals surface area contributed by atoms with Crippen molar-refractivity contribution in [1.29, 1.82) is 0 Å². The van der Waals surface area contributed by atoms with Crippen LogP contribution in [0, 0.1) is 0 Å². The smallest absolute Gasteiger partial charge is 0.316 e. The number of ether oxygens (including phenoxy) is 1. The molecule has 3 rings (SSSR count). The predicted octanol–water partition coefficient (Wildman–Crippen LogP) is 1.32. The topological polar surface area (TPSA) is 80.5 Å². The fourth-order valence-electron chi connectivity index (χ4n) is 2.31. The Morgan fingerprint density at radius 2 is 2.00 bits per heavy atom. The van der Waals surface area contributed by atoms with Crippen LogP contribution in [-0.4, -0.2) is 48.9 Å². The van der Waals surface area contributed by atoms with E-state index in [2.05, 4.69) is 20.4 Å². The van der Waals surface area contributed by atoms with Crippen molar-refractivity contribution in [3.8, 4) is 11.4 Å². The molecule has 0 aliphatic carbocycles. The van der Waals surface area contributed by atoms with Gasteiger partial charge in [0.25, 0.3) is 0 Å². The molecule has 0 unspecified atom stereocenters. The predicted molar refractivity (Wildman–Crippen MR) is 80.8 cm³/mol. The quantitative estimate of drug-likeness (QED) is 0.917. The number of nitrogens with zero attached hydrogens (tertiary/aromatic N) is 3. The van der Waals surface area contributed by atoms with E-state index in [0.717, 1.165) is 37.6 Å². The van der Waals surface area contributed by atoms with Gasteiger partial charge in [0.15, 0.2) is 0 Å². The van der Waals surface area contributed by atoms with Crippen LogP contribution >= 0.6 is 0 Å². The largest absolute Gasteiger partial charge is 0.378 e. The highest BCUT2D eigenvalue weighted by molar-refractivity contribution is 5.89. The summed E-state index contributed by atoms with van der Waals surface area (Å²) in [5, 5.41) is 6.48. The van der Waals surface area contributed by atoms with Gasteiger partial charge in [-0.15, -0.1) is 0 Å². The monoisotopic (exact) mass is 302 g/mol.